The minimum atomic E-state index is -0.675. The normalized spacial score (nSPS) is 11.7. The second-order valence-electron chi connectivity index (χ2n) is 6.04. The van der Waals surface area contributed by atoms with Crippen LogP contribution in [0.3, 0.4) is 0 Å². The summed E-state index contributed by atoms with van der Waals surface area (Å²) in [7, 11) is 1.31. The van der Waals surface area contributed by atoms with Crippen LogP contribution in [0.5, 0.6) is 0 Å². The van der Waals surface area contributed by atoms with Crippen LogP contribution < -0.4 is 17.0 Å². The number of carbonyl (C=O) groups is 1. The molecule has 0 saturated carbocycles. The fourth-order valence-corrected chi connectivity index (χ4v) is 2.90. The van der Waals surface area contributed by atoms with E-state index in [1.807, 2.05) is 0 Å². The molecule has 0 aliphatic carbocycles. The van der Waals surface area contributed by atoms with Crippen molar-refractivity contribution in [3.05, 3.63) is 61.4 Å². The fourth-order valence-electron chi connectivity index (χ4n) is 2.90. The minimum absolute atomic E-state index is 0.0851. The summed E-state index contributed by atoms with van der Waals surface area (Å²) in [6, 6.07) is 6.89. The predicted molar refractivity (Wildman–Crippen MR) is 99.0 cm³/mol. The van der Waals surface area contributed by atoms with Crippen LogP contribution in [0.15, 0.2) is 29.1 Å². The standard InChI is InChI=1S/C17H21N5O5/c1-27-16(24)11-7-5-10(6-8-11)3-2-4-12(9-22(25)26)13-14(18)20-17(19)21-15(13)23/h5-8,12H,2-4,9H2,1H3,(H5,18,19,20,21,23). The van der Waals surface area contributed by atoms with Gasteiger partial charge >= 0.3 is 5.97 Å². The first kappa shape index (κ1) is 19.9. The van der Waals surface area contributed by atoms with Crippen LogP contribution in [0, 0.1) is 10.1 Å². The number of ether oxygens (including phenoxy) is 1. The van der Waals surface area contributed by atoms with Crippen molar-refractivity contribution in [1.82, 2.24) is 9.97 Å². The van der Waals surface area contributed by atoms with Crippen molar-refractivity contribution in [1.29, 1.82) is 0 Å². The van der Waals surface area contributed by atoms with E-state index >= 15 is 0 Å². The Morgan fingerprint density at radius 3 is 2.56 bits per heavy atom. The molecule has 10 heteroatoms. The zero-order valence-corrected chi connectivity index (χ0v) is 14.8. The summed E-state index contributed by atoms with van der Waals surface area (Å²) in [4.78, 5) is 40.2. The van der Waals surface area contributed by atoms with Crippen molar-refractivity contribution in [3.63, 3.8) is 0 Å². The number of nitrogens with two attached hydrogens (primary N) is 2. The van der Waals surface area contributed by atoms with Gasteiger partial charge in [0.2, 0.25) is 12.5 Å². The first-order chi connectivity index (χ1) is 12.8. The van der Waals surface area contributed by atoms with E-state index in [2.05, 4.69) is 14.7 Å². The molecule has 2 rings (SSSR count). The highest BCUT2D eigenvalue weighted by Crippen LogP contribution is 2.24. The molecule has 2 aromatic rings. The van der Waals surface area contributed by atoms with Crippen molar-refractivity contribution in [2.24, 2.45) is 0 Å². The largest absolute Gasteiger partial charge is 0.465 e. The average Bonchev–Trinajstić information content (AvgIpc) is 2.60. The molecule has 1 aromatic heterocycles. The molecule has 1 aromatic carbocycles. The van der Waals surface area contributed by atoms with Gasteiger partial charge in [-0.2, -0.15) is 4.98 Å². The number of nitrogens with one attached hydrogen (secondary N) is 1. The van der Waals surface area contributed by atoms with E-state index in [-0.39, 0.29) is 17.3 Å². The number of nitrogens with zero attached hydrogens (tertiary/aromatic N) is 2. The molecule has 1 atom stereocenters. The number of rotatable bonds is 8. The molecule has 27 heavy (non-hydrogen) atoms. The molecule has 0 fully saturated rings. The average molecular weight is 375 g/mol. The fraction of sp³-hybridized carbons (Fsp3) is 0.353. The maximum atomic E-state index is 12.1. The number of aryl methyl sites for hydroxylation is 1. The molecule has 0 aliphatic heterocycles. The van der Waals surface area contributed by atoms with Crippen molar-refractivity contribution >= 4 is 17.7 Å². The smallest absolute Gasteiger partial charge is 0.337 e. The highest BCUT2D eigenvalue weighted by Gasteiger charge is 2.24. The van der Waals surface area contributed by atoms with Gasteiger partial charge in [0.25, 0.3) is 5.56 Å². The van der Waals surface area contributed by atoms with Gasteiger partial charge < -0.3 is 16.2 Å². The highest BCUT2D eigenvalue weighted by atomic mass is 16.6. The van der Waals surface area contributed by atoms with Gasteiger partial charge in [0.15, 0.2) is 0 Å². The van der Waals surface area contributed by atoms with Crippen molar-refractivity contribution in [2.45, 2.75) is 25.2 Å². The third-order valence-corrected chi connectivity index (χ3v) is 4.17. The molecule has 0 spiro atoms. The van der Waals surface area contributed by atoms with Crippen LogP contribution in [-0.2, 0) is 11.2 Å². The van der Waals surface area contributed by atoms with Gasteiger partial charge in [-0.15, -0.1) is 0 Å². The molecule has 0 radical (unpaired) electrons. The van der Waals surface area contributed by atoms with Crippen LogP contribution in [0.25, 0.3) is 0 Å². The third-order valence-electron chi connectivity index (χ3n) is 4.17. The van der Waals surface area contributed by atoms with Crippen molar-refractivity contribution in [2.75, 3.05) is 25.1 Å². The van der Waals surface area contributed by atoms with E-state index in [0.717, 1.165) is 5.56 Å². The van der Waals surface area contributed by atoms with Crippen LogP contribution in [0.4, 0.5) is 11.8 Å². The van der Waals surface area contributed by atoms with E-state index < -0.39 is 28.9 Å². The molecule has 10 nitrogen and oxygen atoms in total. The highest BCUT2D eigenvalue weighted by molar-refractivity contribution is 5.89. The summed E-state index contributed by atoms with van der Waals surface area (Å²) in [5, 5.41) is 11.0. The molecule has 1 heterocycles. The number of aromatic nitrogens is 2. The molecule has 1 unspecified atom stereocenters. The number of anilines is 2. The van der Waals surface area contributed by atoms with Gasteiger partial charge in [-0.1, -0.05) is 12.1 Å². The lowest BCUT2D eigenvalue weighted by Crippen LogP contribution is -2.25. The van der Waals surface area contributed by atoms with Crippen molar-refractivity contribution < 1.29 is 14.5 Å². The number of esters is 1. The lowest BCUT2D eigenvalue weighted by Gasteiger charge is -2.14. The number of hydrogen-bond acceptors (Lipinski definition) is 8. The molecule has 0 bridgehead atoms. The molecule has 0 amide bonds. The Morgan fingerprint density at radius 2 is 2.00 bits per heavy atom. The Hall–Kier alpha value is -3.43. The van der Waals surface area contributed by atoms with Gasteiger partial charge in [0.05, 0.1) is 24.2 Å². The SMILES string of the molecule is COC(=O)c1ccc(CCCC(C[N+](=O)[O-])c2c(N)nc(N)[nH]c2=O)cc1. The van der Waals surface area contributed by atoms with Gasteiger partial charge in [0.1, 0.15) is 5.82 Å². The summed E-state index contributed by atoms with van der Waals surface area (Å²) >= 11 is 0. The quantitative estimate of drug-likeness (QED) is 0.350. The summed E-state index contributed by atoms with van der Waals surface area (Å²) in [5.41, 5.74) is 12.1. The lowest BCUT2D eigenvalue weighted by molar-refractivity contribution is -0.483. The van der Waals surface area contributed by atoms with Gasteiger partial charge in [0, 0.05) is 4.92 Å². The number of methoxy groups -OCH3 is 1. The van der Waals surface area contributed by atoms with E-state index in [1.54, 1.807) is 24.3 Å². The molecule has 0 saturated heterocycles. The van der Waals surface area contributed by atoms with Crippen LogP contribution in [0.2, 0.25) is 0 Å². The van der Waals surface area contributed by atoms with Crippen molar-refractivity contribution in [3.8, 4) is 0 Å². The number of nitrogen functional groups attached to an aromatic ring is 2. The lowest BCUT2D eigenvalue weighted by atomic mass is 9.93. The van der Waals surface area contributed by atoms with E-state index in [9.17, 15) is 19.7 Å². The summed E-state index contributed by atoms with van der Waals surface area (Å²) < 4.78 is 4.64. The summed E-state index contributed by atoms with van der Waals surface area (Å²) in [6.45, 7) is -0.430. The Bertz CT molecular complexity index is 878. The Labute approximate surface area is 154 Å². The molecular weight excluding hydrogens is 354 g/mol. The molecule has 0 aliphatic rings. The number of aromatic amines is 1. The molecular formula is C17H21N5O5. The summed E-state index contributed by atoms with van der Waals surface area (Å²) in [6.07, 6.45) is 1.58. The zero-order chi connectivity index (χ0) is 20.0. The number of hydrogen-bond donors (Lipinski definition) is 3. The van der Waals surface area contributed by atoms with Crippen LogP contribution >= 0.6 is 0 Å². The number of carbonyl (C=O) groups excluding carboxylic acids is 1. The first-order valence-electron chi connectivity index (χ1n) is 8.26. The Kier molecular flexibility index (Phi) is 6.47. The Balaban J connectivity index is 2.08. The van der Waals surface area contributed by atoms with E-state index in [4.69, 9.17) is 11.5 Å². The van der Waals surface area contributed by atoms with Crippen LogP contribution in [0.1, 0.15) is 40.2 Å². The topological polar surface area (TPSA) is 167 Å². The first-order valence-corrected chi connectivity index (χ1v) is 8.26. The van der Waals surface area contributed by atoms with Gasteiger partial charge in [-0.25, -0.2) is 4.79 Å². The molecule has 5 N–H and O–H groups in total. The monoisotopic (exact) mass is 375 g/mol. The number of nitro groups is 1. The maximum Gasteiger partial charge on any atom is 0.337 e. The zero-order valence-electron chi connectivity index (χ0n) is 14.8. The van der Waals surface area contributed by atoms with E-state index in [1.165, 1.54) is 7.11 Å². The number of benzene rings is 1. The predicted octanol–water partition coefficient (Wildman–Crippen LogP) is 1.10. The molecule has 144 valence electrons. The maximum absolute atomic E-state index is 12.1. The third kappa shape index (κ3) is 5.27. The van der Waals surface area contributed by atoms with Gasteiger partial charge in [-0.3, -0.25) is 19.9 Å². The Morgan fingerprint density at radius 1 is 1.33 bits per heavy atom. The second-order valence-corrected chi connectivity index (χ2v) is 6.04. The van der Waals surface area contributed by atoms with Gasteiger partial charge in [-0.05, 0) is 37.0 Å². The minimum Gasteiger partial charge on any atom is -0.465 e. The second kappa shape index (κ2) is 8.79. The summed E-state index contributed by atoms with van der Waals surface area (Å²) in [5.74, 6) is -1.32. The van der Waals surface area contributed by atoms with E-state index in [0.29, 0.717) is 24.8 Å². The van der Waals surface area contributed by atoms with Crippen LogP contribution in [-0.4, -0.2) is 34.5 Å². The number of H-pyrrole nitrogens is 1.